The maximum atomic E-state index is 12.0. The Morgan fingerprint density at radius 2 is 2.15 bits per heavy atom. The molecule has 0 spiro atoms. The monoisotopic (exact) mass is 286 g/mol. The molecule has 20 heavy (non-hydrogen) atoms. The molecule has 0 fully saturated rings. The Morgan fingerprint density at radius 1 is 1.25 bits per heavy atom. The highest BCUT2D eigenvalue weighted by Crippen LogP contribution is 2.17. The van der Waals surface area contributed by atoms with E-state index in [1.165, 1.54) is 6.39 Å². The SMILES string of the molecule is O=C(Cc1ccc2ncoc2c1)Nc1cccc(Cl)c1. The van der Waals surface area contributed by atoms with Gasteiger partial charge in [-0.25, -0.2) is 4.98 Å². The molecule has 3 aromatic rings. The van der Waals surface area contributed by atoms with E-state index in [1.807, 2.05) is 18.2 Å². The van der Waals surface area contributed by atoms with Crippen LogP contribution < -0.4 is 5.32 Å². The molecule has 5 heteroatoms. The molecule has 1 aromatic heterocycles. The number of aromatic nitrogens is 1. The molecule has 0 aliphatic carbocycles. The van der Waals surface area contributed by atoms with E-state index in [2.05, 4.69) is 10.3 Å². The van der Waals surface area contributed by atoms with Gasteiger partial charge in [0.25, 0.3) is 0 Å². The number of nitrogens with one attached hydrogen (secondary N) is 1. The molecular formula is C15H11ClN2O2. The van der Waals surface area contributed by atoms with Gasteiger partial charge < -0.3 is 9.73 Å². The van der Waals surface area contributed by atoms with Gasteiger partial charge in [0.05, 0.1) is 6.42 Å². The lowest BCUT2D eigenvalue weighted by Gasteiger charge is -2.05. The van der Waals surface area contributed by atoms with Crippen molar-refractivity contribution in [2.75, 3.05) is 5.32 Å². The van der Waals surface area contributed by atoms with Crippen molar-refractivity contribution in [2.45, 2.75) is 6.42 Å². The molecule has 100 valence electrons. The number of amides is 1. The third kappa shape index (κ3) is 2.81. The predicted octanol–water partition coefficient (Wildman–Crippen LogP) is 3.66. The van der Waals surface area contributed by atoms with Gasteiger partial charge in [0.15, 0.2) is 12.0 Å². The number of hydrogen-bond acceptors (Lipinski definition) is 3. The normalized spacial score (nSPS) is 10.7. The maximum absolute atomic E-state index is 12.0. The van der Waals surface area contributed by atoms with Crippen molar-refractivity contribution in [2.24, 2.45) is 0 Å². The number of halogens is 1. The minimum absolute atomic E-state index is 0.105. The van der Waals surface area contributed by atoms with Gasteiger partial charge in [-0.05, 0) is 35.9 Å². The third-order valence-electron chi connectivity index (χ3n) is 2.87. The zero-order valence-corrected chi connectivity index (χ0v) is 11.2. The van der Waals surface area contributed by atoms with Crippen LogP contribution in [0.2, 0.25) is 5.02 Å². The molecule has 0 atom stereocenters. The number of hydrogen-bond donors (Lipinski definition) is 1. The van der Waals surface area contributed by atoms with Gasteiger partial charge in [0.1, 0.15) is 5.52 Å². The van der Waals surface area contributed by atoms with E-state index in [0.29, 0.717) is 16.3 Å². The summed E-state index contributed by atoms with van der Waals surface area (Å²) in [5.41, 5.74) is 3.01. The van der Waals surface area contributed by atoms with Crippen LogP contribution in [0.3, 0.4) is 0 Å². The largest absolute Gasteiger partial charge is 0.443 e. The number of carbonyl (C=O) groups is 1. The first-order valence-corrected chi connectivity index (χ1v) is 6.46. The summed E-state index contributed by atoms with van der Waals surface area (Å²) in [5, 5.41) is 3.39. The van der Waals surface area contributed by atoms with Crippen LogP contribution in [-0.2, 0) is 11.2 Å². The van der Waals surface area contributed by atoms with Crippen molar-refractivity contribution in [1.29, 1.82) is 0 Å². The standard InChI is InChI=1S/C15H11ClN2O2/c16-11-2-1-3-12(8-11)18-15(19)7-10-4-5-13-14(6-10)20-9-17-13/h1-6,8-9H,7H2,(H,18,19). The smallest absolute Gasteiger partial charge is 0.228 e. The molecule has 0 saturated carbocycles. The van der Waals surface area contributed by atoms with E-state index in [4.69, 9.17) is 16.0 Å². The fourth-order valence-electron chi connectivity index (χ4n) is 1.97. The Balaban J connectivity index is 1.72. The van der Waals surface area contributed by atoms with Gasteiger partial charge >= 0.3 is 0 Å². The molecule has 1 heterocycles. The van der Waals surface area contributed by atoms with Crippen LogP contribution in [0.25, 0.3) is 11.1 Å². The summed E-state index contributed by atoms with van der Waals surface area (Å²) < 4.78 is 5.21. The minimum atomic E-state index is -0.105. The number of rotatable bonds is 3. The van der Waals surface area contributed by atoms with Gasteiger partial charge in [0, 0.05) is 10.7 Å². The Hall–Kier alpha value is -2.33. The van der Waals surface area contributed by atoms with Crippen LogP contribution in [0.15, 0.2) is 53.3 Å². The van der Waals surface area contributed by atoms with E-state index in [-0.39, 0.29) is 12.3 Å². The maximum Gasteiger partial charge on any atom is 0.228 e. The van der Waals surface area contributed by atoms with Gasteiger partial charge in [-0.2, -0.15) is 0 Å². The molecular weight excluding hydrogens is 276 g/mol. The average Bonchev–Trinajstić information content (AvgIpc) is 2.86. The summed E-state index contributed by atoms with van der Waals surface area (Å²) in [6, 6.07) is 12.6. The number of nitrogens with zero attached hydrogens (tertiary/aromatic N) is 1. The van der Waals surface area contributed by atoms with Crippen LogP contribution in [0.4, 0.5) is 5.69 Å². The van der Waals surface area contributed by atoms with Crippen LogP contribution in [0.1, 0.15) is 5.56 Å². The molecule has 0 aliphatic rings. The van der Waals surface area contributed by atoms with Crippen LogP contribution in [0.5, 0.6) is 0 Å². The number of carbonyl (C=O) groups excluding carboxylic acids is 1. The summed E-state index contributed by atoms with van der Waals surface area (Å²) in [5.74, 6) is -0.105. The first-order valence-electron chi connectivity index (χ1n) is 6.08. The second kappa shape index (κ2) is 5.35. The second-order valence-electron chi connectivity index (χ2n) is 4.39. The fraction of sp³-hybridized carbons (Fsp3) is 0.0667. The second-order valence-corrected chi connectivity index (χ2v) is 4.83. The fourth-order valence-corrected chi connectivity index (χ4v) is 2.16. The van der Waals surface area contributed by atoms with Crippen molar-refractivity contribution in [3.8, 4) is 0 Å². The first kappa shape index (κ1) is 12.7. The zero-order valence-electron chi connectivity index (χ0n) is 10.5. The van der Waals surface area contributed by atoms with E-state index in [0.717, 1.165) is 11.1 Å². The van der Waals surface area contributed by atoms with Gasteiger partial charge in [-0.15, -0.1) is 0 Å². The molecule has 4 nitrogen and oxygen atoms in total. The summed E-state index contributed by atoms with van der Waals surface area (Å²) in [7, 11) is 0. The molecule has 0 saturated heterocycles. The number of anilines is 1. The van der Waals surface area contributed by atoms with Crippen LogP contribution in [-0.4, -0.2) is 10.9 Å². The molecule has 3 rings (SSSR count). The molecule has 0 aliphatic heterocycles. The zero-order chi connectivity index (χ0) is 13.9. The quantitative estimate of drug-likeness (QED) is 0.799. The third-order valence-corrected chi connectivity index (χ3v) is 3.10. The number of fused-ring (bicyclic) bond motifs is 1. The molecule has 1 amide bonds. The lowest BCUT2D eigenvalue weighted by Crippen LogP contribution is -2.14. The molecule has 0 unspecified atom stereocenters. The van der Waals surface area contributed by atoms with Crippen LogP contribution in [0, 0.1) is 0 Å². The van der Waals surface area contributed by atoms with Gasteiger partial charge in [-0.1, -0.05) is 23.7 Å². The van der Waals surface area contributed by atoms with E-state index in [1.54, 1.807) is 24.3 Å². The van der Waals surface area contributed by atoms with E-state index < -0.39 is 0 Å². The number of oxazole rings is 1. The molecule has 0 bridgehead atoms. The first-order chi connectivity index (χ1) is 9.70. The average molecular weight is 287 g/mol. The summed E-state index contributed by atoms with van der Waals surface area (Å²) in [6.07, 6.45) is 1.66. The molecule has 1 N–H and O–H groups in total. The Kier molecular flexibility index (Phi) is 3.39. The van der Waals surface area contributed by atoms with E-state index >= 15 is 0 Å². The predicted molar refractivity (Wildman–Crippen MR) is 77.8 cm³/mol. The summed E-state index contributed by atoms with van der Waals surface area (Å²) >= 11 is 5.87. The van der Waals surface area contributed by atoms with Crippen molar-refractivity contribution < 1.29 is 9.21 Å². The number of benzene rings is 2. The minimum Gasteiger partial charge on any atom is -0.443 e. The highest BCUT2D eigenvalue weighted by molar-refractivity contribution is 6.30. The van der Waals surface area contributed by atoms with Crippen molar-refractivity contribution in [3.63, 3.8) is 0 Å². The lowest BCUT2D eigenvalue weighted by atomic mass is 10.1. The van der Waals surface area contributed by atoms with Crippen molar-refractivity contribution in [1.82, 2.24) is 4.98 Å². The van der Waals surface area contributed by atoms with Gasteiger partial charge in [-0.3, -0.25) is 4.79 Å². The van der Waals surface area contributed by atoms with Gasteiger partial charge in [0.2, 0.25) is 5.91 Å². The molecule has 2 aromatic carbocycles. The highest BCUT2D eigenvalue weighted by atomic mass is 35.5. The topological polar surface area (TPSA) is 55.1 Å². The van der Waals surface area contributed by atoms with Crippen molar-refractivity contribution in [3.05, 3.63) is 59.4 Å². The summed E-state index contributed by atoms with van der Waals surface area (Å²) in [4.78, 5) is 16.0. The Labute approximate surface area is 120 Å². The van der Waals surface area contributed by atoms with Crippen molar-refractivity contribution >= 4 is 34.3 Å². The summed E-state index contributed by atoms with van der Waals surface area (Å²) in [6.45, 7) is 0. The highest BCUT2D eigenvalue weighted by Gasteiger charge is 2.06. The van der Waals surface area contributed by atoms with E-state index in [9.17, 15) is 4.79 Å². The molecule has 0 radical (unpaired) electrons. The Bertz CT molecular complexity index is 767. The van der Waals surface area contributed by atoms with Crippen LogP contribution >= 0.6 is 11.6 Å². The Morgan fingerprint density at radius 3 is 3.00 bits per heavy atom. The lowest BCUT2D eigenvalue weighted by molar-refractivity contribution is -0.115.